The highest BCUT2D eigenvalue weighted by atomic mass is 79.9. The van der Waals surface area contributed by atoms with Crippen LogP contribution in [0.25, 0.3) is 11.6 Å². The Labute approximate surface area is 144 Å². The number of amides is 1. The van der Waals surface area contributed by atoms with Gasteiger partial charge in [0.15, 0.2) is 0 Å². The Kier molecular flexibility index (Phi) is 3.98. The molecule has 8 heteroatoms. The standard InChI is InChI=1S/C16H11BrN2O5/c1-24-14-6-8(5-13(15(14)20)19(22)23)4-11-10-7-9(17)2-3-12(10)18-16(11)21/h2-7,20H,1H3,(H,18,21)/p-1/b11-4-. The fraction of sp³-hybridized carbons (Fsp3) is 0.0625. The van der Waals surface area contributed by atoms with Crippen molar-refractivity contribution in [3.05, 3.63) is 56.0 Å². The first-order chi connectivity index (χ1) is 11.4. The highest BCUT2D eigenvalue weighted by molar-refractivity contribution is 9.10. The van der Waals surface area contributed by atoms with E-state index in [1.807, 2.05) is 0 Å². The quantitative estimate of drug-likeness (QED) is 0.493. The molecule has 3 rings (SSSR count). The molecular weight excluding hydrogens is 380 g/mol. The van der Waals surface area contributed by atoms with Crippen molar-refractivity contribution in [3.63, 3.8) is 0 Å². The van der Waals surface area contributed by atoms with Crippen LogP contribution in [0.3, 0.4) is 0 Å². The largest absolute Gasteiger partial charge is 0.865 e. The summed E-state index contributed by atoms with van der Waals surface area (Å²) in [7, 11) is 1.26. The SMILES string of the molecule is COc1cc(/C=C2\C(=O)Nc3ccc(Br)cc32)cc([N+](=O)[O-])c1[O-]. The molecule has 0 unspecified atom stereocenters. The van der Waals surface area contributed by atoms with Crippen LogP contribution in [-0.2, 0) is 4.79 Å². The lowest BCUT2D eigenvalue weighted by Gasteiger charge is -2.13. The molecule has 0 saturated carbocycles. The molecule has 0 atom stereocenters. The molecule has 1 heterocycles. The lowest BCUT2D eigenvalue weighted by atomic mass is 10.0. The second-order valence-electron chi connectivity index (χ2n) is 5.03. The van der Waals surface area contributed by atoms with Gasteiger partial charge in [0.1, 0.15) is 5.75 Å². The number of nitro groups is 1. The van der Waals surface area contributed by atoms with E-state index in [-0.39, 0.29) is 11.7 Å². The molecular formula is C16H10BrN2O5-. The molecule has 0 aromatic heterocycles. The lowest BCUT2D eigenvalue weighted by molar-refractivity contribution is -0.398. The molecule has 7 nitrogen and oxygen atoms in total. The first-order valence-electron chi connectivity index (χ1n) is 6.77. The number of nitrogens with zero attached hydrogens (tertiary/aromatic N) is 1. The minimum Gasteiger partial charge on any atom is -0.865 e. The van der Waals surface area contributed by atoms with Crippen molar-refractivity contribution < 1.29 is 19.6 Å². The van der Waals surface area contributed by atoms with E-state index in [0.717, 1.165) is 10.5 Å². The summed E-state index contributed by atoms with van der Waals surface area (Å²) in [5.74, 6) is -1.27. The molecule has 0 spiro atoms. The van der Waals surface area contributed by atoms with Gasteiger partial charge in [0, 0.05) is 33.1 Å². The number of hydrogen-bond acceptors (Lipinski definition) is 5. The zero-order chi connectivity index (χ0) is 17.4. The van der Waals surface area contributed by atoms with Gasteiger partial charge in [-0.3, -0.25) is 14.9 Å². The van der Waals surface area contributed by atoms with Gasteiger partial charge in [0.2, 0.25) is 0 Å². The summed E-state index contributed by atoms with van der Waals surface area (Å²) in [6.07, 6.45) is 1.49. The number of hydrogen-bond donors (Lipinski definition) is 1. The van der Waals surface area contributed by atoms with Crippen LogP contribution >= 0.6 is 15.9 Å². The van der Waals surface area contributed by atoms with Crippen LogP contribution in [0.1, 0.15) is 11.1 Å². The summed E-state index contributed by atoms with van der Waals surface area (Å²) in [5.41, 5.74) is 1.39. The van der Waals surface area contributed by atoms with Crippen LogP contribution in [0.2, 0.25) is 0 Å². The monoisotopic (exact) mass is 389 g/mol. The Bertz CT molecular complexity index is 908. The first kappa shape index (κ1) is 16.0. The molecule has 1 amide bonds. The van der Waals surface area contributed by atoms with Gasteiger partial charge in [-0.2, -0.15) is 0 Å². The summed E-state index contributed by atoms with van der Waals surface area (Å²) in [6.45, 7) is 0. The maximum Gasteiger partial charge on any atom is 0.266 e. The summed E-state index contributed by atoms with van der Waals surface area (Å²) < 4.78 is 5.70. The van der Waals surface area contributed by atoms with Gasteiger partial charge in [-0.25, -0.2) is 0 Å². The molecule has 0 fully saturated rings. The van der Waals surface area contributed by atoms with Crippen molar-refractivity contribution in [2.24, 2.45) is 0 Å². The maximum atomic E-state index is 12.2. The third-order valence-corrected chi connectivity index (χ3v) is 4.04. The van der Waals surface area contributed by atoms with E-state index in [0.29, 0.717) is 22.4 Å². The van der Waals surface area contributed by atoms with E-state index in [9.17, 15) is 20.0 Å². The summed E-state index contributed by atoms with van der Waals surface area (Å²) >= 11 is 3.34. The van der Waals surface area contributed by atoms with Crippen LogP contribution in [0.15, 0.2) is 34.8 Å². The van der Waals surface area contributed by atoms with Crippen LogP contribution in [0, 0.1) is 10.1 Å². The van der Waals surface area contributed by atoms with Gasteiger partial charge in [-0.05, 0) is 35.9 Å². The third kappa shape index (κ3) is 2.71. The summed E-state index contributed by atoms with van der Waals surface area (Å²) in [4.78, 5) is 22.4. The molecule has 0 aliphatic carbocycles. The van der Waals surface area contributed by atoms with Gasteiger partial charge in [-0.1, -0.05) is 15.9 Å². The van der Waals surface area contributed by atoms with Gasteiger partial charge < -0.3 is 15.2 Å². The number of fused-ring (bicyclic) bond motifs is 1. The number of rotatable bonds is 3. The fourth-order valence-corrected chi connectivity index (χ4v) is 2.81. The minimum absolute atomic E-state index is 0.149. The smallest absolute Gasteiger partial charge is 0.266 e. The molecule has 24 heavy (non-hydrogen) atoms. The maximum absolute atomic E-state index is 12.2. The average Bonchev–Trinajstić information content (AvgIpc) is 2.84. The van der Waals surface area contributed by atoms with Crippen molar-refractivity contribution in [2.75, 3.05) is 12.4 Å². The van der Waals surface area contributed by atoms with E-state index in [2.05, 4.69) is 21.2 Å². The Hall–Kier alpha value is -2.87. The van der Waals surface area contributed by atoms with Gasteiger partial charge >= 0.3 is 0 Å². The predicted octanol–water partition coefficient (Wildman–Crippen LogP) is 2.93. The van der Waals surface area contributed by atoms with Crippen molar-refractivity contribution in [3.8, 4) is 11.5 Å². The number of carbonyl (C=O) groups is 1. The Morgan fingerprint density at radius 1 is 1.29 bits per heavy atom. The number of halogens is 1. The molecule has 1 aliphatic heterocycles. The van der Waals surface area contributed by atoms with Crippen molar-refractivity contribution in [2.45, 2.75) is 0 Å². The van der Waals surface area contributed by atoms with E-state index in [1.54, 1.807) is 18.2 Å². The molecule has 0 bridgehead atoms. The molecule has 1 N–H and O–H groups in total. The molecule has 0 radical (unpaired) electrons. The van der Waals surface area contributed by atoms with Gasteiger partial charge in [-0.15, -0.1) is 0 Å². The number of carbonyl (C=O) groups excluding carboxylic acids is 1. The lowest BCUT2D eigenvalue weighted by Crippen LogP contribution is -2.04. The minimum atomic E-state index is -0.802. The molecule has 2 aromatic carbocycles. The van der Waals surface area contributed by atoms with Crippen LogP contribution in [0.4, 0.5) is 11.4 Å². The predicted molar refractivity (Wildman–Crippen MR) is 89.7 cm³/mol. The molecule has 2 aromatic rings. The zero-order valence-corrected chi connectivity index (χ0v) is 13.9. The second-order valence-corrected chi connectivity index (χ2v) is 5.95. The topological polar surface area (TPSA) is 105 Å². The summed E-state index contributed by atoms with van der Waals surface area (Å²) in [6, 6.07) is 7.81. The Balaban J connectivity index is 2.16. The Morgan fingerprint density at radius 3 is 2.71 bits per heavy atom. The van der Waals surface area contributed by atoms with Crippen molar-refractivity contribution in [1.29, 1.82) is 0 Å². The molecule has 122 valence electrons. The molecule has 0 saturated heterocycles. The van der Waals surface area contributed by atoms with Crippen molar-refractivity contribution in [1.82, 2.24) is 0 Å². The number of anilines is 1. The summed E-state index contributed by atoms with van der Waals surface area (Å²) in [5, 5.41) is 25.6. The van der Waals surface area contributed by atoms with Crippen LogP contribution in [-0.4, -0.2) is 17.9 Å². The van der Waals surface area contributed by atoms with Gasteiger partial charge in [0.25, 0.3) is 11.6 Å². The van der Waals surface area contributed by atoms with E-state index in [1.165, 1.54) is 19.3 Å². The number of benzene rings is 2. The highest BCUT2D eigenvalue weighted by Gasteiger charge is 2.24. The first-order valence-corrected chi connectivity index (χ1v) is 7.56. The van der Waals surface area contributed by atoms with E-state index < -0.39 is 16.4 Å². The highest BCUT2D eigenvalue weighted by Crippen LogP contribution is 2.38. The Morgan fingerprint density at radius 2 is 2.04 bits per heavy atom. The number of methoxy groups -OCH3 is 1. The number of ether oxygens (including phenoxy) is 1. The third-order valence-electron chi connectivity index (χ3n) is 3.55. The van der Waals surface area contributed by atoms with Gasteiger partial charge in [0.05, 0.1) is 12.0 Å². The average molecular weight is 390 g/mol. The number of nitrogens with one attached hydrogen (secondary N) is 1. The van der Waals surface area contributed by atoms with Crippen LogP contribution < -0.4 is 15.2 Å². The zero-order valence-electron chi connectivity index (χ0n) is 12.3. The van der Waals surface area contributed by atoms with E-state index in [4.69, 9.17) is 4.74 Å². The normalized spacial score (nSPS) is 14.4. The molecule has 1 aliphatic rings. The number of nitro benzene ring substituents is 1. The fourth-order valence-electron chi connectivity index (χ4n) is 2.45. The van der Waals surface area contributed by atoms with E-state index >= 15 is 0 Å². The van der Waals surface area contributed by atoms with Crippen molar-refractivity contribution >= 4 is 44.9 Å². The van der Waals surface area contributed by atoms with Crippen LogP contribution in [0.5, 0.6) is 11.5 Å². The second kappa shape index (κ2) is 5.97.